The minimum Gasteiger partial charge on any atom is -0.395 e. The van der Waals surface area contributed by atoms with E-state index in [1.165, 1.54) is 5.56 Å². The van der Waals surface area contributed by atoms with Crippen LogP contribution in [0.15, 0.2) is 6.33 Å². The van der Waals surface area contributed by atoms with Gasteiger partial charge in [0.25, 0.3) is 0 Å². The molecule has 1 aliphatic rings. The second-order valence-corrected chi connectivity index (χ2v) is 4.46. The Hall–Kier alpha value is -1.20. The summed E-state index contributed by atoms with van der Waals surface area (Å²) in [7, 11) is 0. The van der Waals surface area contributed by atoms with E-state index in [-0.39, 0.29) is 6.61 Å². The molecule has 5 nitrogen and oxygen atoms in total. The van der Waals surface area contributed by atoms with Crippen LogP contribution in [0.5, 0.6) is 0 Å². The van der Waals surface area contributed by atoms with E-state index in [0.29, 0.717) is 0 Å². The number of aliphatic hydroxyl groups is 1. The van der Waals surface area contributed by atoms with E-state index in [9.17, 15) is 0 Å². The zero-order valence-corrected chi connectivity index (χ0v) is 10.6. The van der Waals surface area contributed by atoms with E-state index >= 15 is 0 Å². The molecule has 1 aliphatic heterocycles. The Morgan fingerprint density at radius 1 is 1.18 bits per heavy atom. The number of hydrogen-bond donors (Lipinski definition) is 1. The fraction of sp³-hybridized carbons (Fsp3) is 0.667. The van der Waals surface area contributed by atoms with Gasteiger partial charge in [0.05, 0.1) is 6.61 Å². The van der Waals surface area contributed by atoms with E-state index in [4.69, 9.17) is 5.11 Å². The van der Waals surface area contributed by atoms with E-state index in [1.807, 2.05) is 6.92 Å². The predicted octanol–water partition coefficient (Wildman–Crippen LogP) is 0.208. The molecule has 0 amide bonds. The van der Waals surface area contributed by atoms with E-state index < -0.39 is 0 Å². The first-order valence-electron chi connectivity index (χ1n) is 6.08. The summed E-state index contributed by atoms with van der Waals surface area (Å²) in [5.41, 5.74) is 2.22. The van der Waals surface area contributed by atoms with Crippen molar-refractivity contribution in [3.8, 4) is 0 Å². The van der Waals surface area contributed by atoms with Gasteiger partial charge in [-0.2, -0.15) is 0 Å². The Morgan fingerprint density at radius 3 is 2.53 bits per heavy atom. The zero-order chi connectivity index (χ0) is 12.3. The summed E-state index contributed by atoms with van der Waals surface area (Å²) in [4.78, 5) is 13.2. The van der Waals surface area contributed by atoms with Crippen LogP contribution < -0.4 is 4.90 Å². The molecule has 0 saturated carbocycles. The molecule has 0 aliphatic carbocycles. The maximum Gasteiger partial charge on any atom is 0.135 e. The van der Waals surface area contributed by atoms with Crippen LogP contribution in [0.2, 0.25) is 0 Å². The van der Waals surface area contributed by atoms with E-state index in [2.05, 4.69) is 26.7 Å². The minimum atomic E-state index is 0.242. The van der Waals surface area contributed by atoms with Gasteiger partial charge in [-0.05, 0) is 13.8 Å². The van der Waals surface area contributed by atoms with Crippen molar-refractivity contribution in [2.24, 2.45) is 0 Å². The lowest BCUT2D eigenvalue weighted by Gasteiger charge is -2.35. The standard InChI is InChI=1S/C12H20N4O/c1-10-11(2)13-9-14-12(10)16-5-3-15(4-6-16)7-8-17/h9,17H,3-8H2,1-2H3. The molecule has 1 aromatic rings. The first-order valence-corrected chi connectivity index (χ1v) is 6.08. The van der Waals surface area contributed by atoms with Crippen molar-refractivity contribution >= 4 is 5.82 Å². The second kappa shape index (κ2) is 5.42. The topological polar surface area (TPSA) is 52.5 Å². The zero-order valence-electron chi connectivity index (χ0n) is 10.6. The molecule has 2 heterocycles. The van der Waals surface area contributed by atoms with Crippen molar-refractivity contribution in [1.29, 1.82) is 0 Å². The molecule has 0 aromatic carbocycles. The number of hydrogen-bond acceptors (Lipinski definition) is 5. The average molecular weight is 236 g/mol. The second-order valence-electron chi connectivity index (χ2n) is 4.46. The molecule has 5 heteroatoms. The third kappa shape index (κ3) is 2.73. The largest absolute Gasteiger partial charge is 0.395 e. The Kier molecular flexibility index (Phi) is 3.91. The van der Waals surface area contributed by atoms with Crippen LogP contribution in [0.4, 0.5) is 5.82 Å². The lowest BCUT2D eigenvalue weighted by Crippen LogP contribution is -2.47. The maximum atomic E-state index is 8.91. The Morgan fingerprint density at radius 2 is 1.88 bits per heavy atom. The Balaban J connectivity index is 2.03. The SMILES string of the molecule is Cc1ncnc(N2CCN(CCO)CC2)c1C. The highest BCUT2D eigenvalue weighted by atomic mass is 16.3. The van der Waals surface area contributed by atoms with Crippen molar-refractivity contribution in [2.75, 3.05) is 44.2 Å². The van der Waals surface area contributed by atoms with Crippen LogP contribution in [-0.2, 0) is 0 Å². The van der Waals surface area contributed by atoms with Gasteiger partial charge >= 0.3 is 0 Å². The van der Waals surface area contributed by atoms with Crippen molar-refractivity contribution in [1.82, 2.24) is 14.9 Å². The molecular weight excluding hydrogens is 216 g/mol. The summed E-state index contributed by atoms with van der Waals surface area (Å²) in [6.07, 6.45) is 1.64. The molecule has 0 bridgehead atoms. The third-order valence-corrected chi connectivity index (χ3v) is 3.40. The van der Waals surface area contributed by atoms with Crippen LogP contribution >= 0.6 is 0 Å². The molecule has 94 valence electrons. The van der Waals surface area contributed by atoms with Gasteiger partial charge in [-0.15, -0.1) is 0 Å². The molecule has 1 saturated heterocycles. The lowest BCUT2D eigenvalue weighted by atomic mass is 10.2. The Labute approximate surface area is 102 Å². The molecule has 0 unspecified atom stereocenters. The Bertz CT molecular complexity index is 375. The molecule has 0 atom stereocenters. The number of nitrogens with zero attached hydrogens (tertiary/aromatic N) is 4. The van der Waals surface area contributed by atoms with Gasteiger partial charge in [-0.3, -0.25) is 4.90 Å². The number of aliphatic hydroxyl groups excluding tert-OH is 1. The third-order valence-electron chi connectivity index (χ3n) is 3.40. The first-order chi connectivity index (χ1) is 8.22. The number of anilines is 1. The summed E-state index contributed by atoms with van der Waals surface area (Å²) in [5, 5.41) is 8.91. The highest BCUT2D eigenvalue weighted by Gasteiger charge is 2.19. The average Bonchev–Trinajstić information content (AvgIpc) is 2.34. The van der Waals surface area contributed by atoms with Crippen LogP contribution in [0.25, 0.3) is 0 Å². The lowest BCUT2D eigenvalue weighted by molar-refractivity contribution is 0.188. The van der Waals surface area contributed by atoms with Crippen LogP contribution in [0.1, 0.15) is 11.3 Å². The number of β-amino-alcohol motifs (C(OH)–C–C–N with tert-alkyl or cyclic N) is 1. The van der Waals surface area contributed by atoms with Gasteiger partial charge in [0.1, 0.15) is 12.1 Å². The molecular formula is C12H20N4O. The molecule has 1 aromatic heterocycles. The van der Waals surface area contributed by atoms with E-state index in [1.54, 1.807) is 6.33 Å². The molecule has 0 radical (unpaired) electrons. The van der Waals surface area contributed by atoms with Crippen molar-refractivity contribution in [2.45, 2.75) is 13.8 Å². The van der Waals surface area contributed by atoms with Crippen LogP contribution in [0, 0.1) is 13.8 Å². The van der Waals surface area contributed by atoms with Crippen molar-refractivity contribution in [3.05, 3.63) is 17.6 Å². The number of rotatable bonds is 3. The summed E-state index contributed by atoms with van der Waals surface area (Å²) >= 11 is 0. The highest BCUT2D eigenvalue weighted by Crippen LogP contribution is 2.19. The van der Waals surface area contributed by atoms with Gasteiger partial charge in [0.15, 0.2) is 0 Å². The first kappa shape index (κ1) is 12.3. The molecule has 17 heavy (non-hydrogen) atoms. The summed E-state index contributed by atoms with van der Waals surface area (Å²) in [5.74, 6) is 1.06. The van der Waals surface area contributed by atoms with Crippen LogP contribution in [0.3, 0.4) is 0 Å². The normalized spacial score (nSPS) is 17.5. The number of aromatic nitrogens is 2. The molecule has 0 spiro atoms. The molecule has 2 rings (SSSR count). The quantitative estimate of drug-likeness (QED) is 0.813. The van der Waals surface area contributed by atoms with E-state index in [0.717, 1.165) is 44.2 Å². The smallest absolute Gasteiger partial charge is 0.135 e. The van der Waals surface area contributed by atoms with Gasteiger partial charge < -0.3 is 10.0 Å². The highest BCUT2D eigenvalue weighted by molar-refractivity contribution is 5.47. The number of aryl methyl sites for hydroxylation is 1. The molecule has 1 fully saturated rings. The fourth-order valence-electron chi connectivity index (χ4n) is 2.17. The summed E-state index contributed by atoms with van der Waals surface area (Å²) < 4.78 is 0. The van der Waals surface area contributed by atoms with Crippen LogP contribution in [-0.4, -0.2) is 59.3 Å². The van der Waals surface area contributed by atoms with Gasteiger partial charge in [0.2, 0.25) is 0 Å². The number of piperazine rings is 1. The predicted molar refractivity (Wildman–Crippen MR) is 67.2 cm³/mol. The minimum absolute atomic E-state index is 0.242. The van der Waals surface area contributed by atoms with Gasteiger partial charge in [0, 0.05) is 44.0 Å². The van der Waals surface area contributed by atoms with Gasteiger partial charge in [-0.1, -0.05) is 0 Å². The summed E-state index contributed by atoms with van der Waals surface area (Å²) in [6.45, 7) is 9.02. The maximum absolute atomic E-state index is 8.91. The summed E-state index contributed by atoms with van der Waals surface area (Å²) in [6, 6.07) is 0. The van der Waals surface area contributed by atoms with Crippen molar-refractivity contribution in [3.63, 3.8) is 0 Å². The monoisotopic (exact) mass is 236 g/mol. The molecule has 1 N–H and O–H groups in total. The fourth-order valence-corrected chi connectivity index (χ4v) is 2.17. The van der Waals surface area contributed by atoms with Gasteiger partial charge in [-0.25, -0.2) is 9.97 Å². The van der Waals surface area contributed by atoms with Crippen molar-refractivity contribution < 1.29 is 5.11 Å².